The first-order valence-electron chi connectivity index (χ1n) is 9.63. The van der Waals surface area contributed by atoms with Gasteiger partial charge in [0.1, 0.15) is 11.5 Å². The summed E-state index contributed by atoms with van der Waals surface area (Å²) in [7, 11) is 0. The molecule has 2 aromatic rings. The Bertz CT molecular complexity index is 755. The maximum atomic E-state index is 12.3. The molecule has 0 aromatic heterocycles. The number of amides is 1. The monoisotopic (exact) mass is 369 g/mol. The number of carbonyl (C=O) groups excluding carboxylic acids is 1. The normalized spacial score (nSPS) is 11.9. The van der Waals surface area contributed by atoms with Gasteiger partial charge in [0.2, 0.25) is 0 Å². The molecule has 146 valence electrons. The zero-order valence-electron chi connectivity index (χ0n) is 17.0. The minimum Gasteiger partial charge on any atom is -0.491 e. The van der Waals surface area contributed by atoms with E-state index in [0.717, 1.165) is 35.5 Å². The fourth-order valence-corrected chi connectivity index (χ4v) is 2.79. The van der Waals surface area contributed by atoms with E-state index in [1.807, 2.05) is 58.0 Å². The molecule has 2 aromatic carbocycles. The van der Waals surface area contributed by atoms with Crippen molar-refractivity contribution in [3.05, 3.63) is 59.2 Å². The third-order valence-corrected chi connectivity index (χ3v) is 4.44. The molecule has 1 amide bonds. The van der Waals surface area contributed by atoms with Crippen LogP contribution in [-0.4, -0.2) is 24.7 Å². The van der Waals surface area contributed by atoms with Gasteiger partial charge >= 0.3 is 0 Å². The van der Waals surface area contributed by atoms with Gasteiger partial charge in [0.25, 0.3) is 5.91 Å². The van der Waals surface area contributed by atoms with Crippen molar-refractivity contribution < 1.29 is 14.3 Å². The highest BCUT2D eigenvalue weighted by Gasteiger charge is 2.15. The minimum absolute atomic E-state index is 0.0900. The molecular weight excluding hydrogens is 338 g/mol. The lowest BCUT2D eigenvalue weighted by molar-refractivity contribution is -0.127. The van der Waals surface area contributed by atoms with Crippen LogP contribution >= 0.6 is 0 Å². The largest absolute Gasteiger partial charge is 0.491 e. The van der Waals surface area contributed by atoms with Gasteiger partial charge < -0.3 is 14.8 Å². The summed E-state index contributed by atoms with van der Waals surface area (Å²) < 4.78 is 11.5. The molecular formula is C23H31NO3. The SMILES string of the molecule is Cc1cccc(OC(C)C(=O)NCCCc2cccc(OC(C)C)c2)c1C. The Morgan fingerprint density at radius 1 is 1.04 bits per heavy atom. The van der Waals surface area contributed by atoms with Crippen LogP contribution < -0.4 is 14.8 Å². The molecule has 1 atom stereocenters. The van der Waals surface area contributed by atoms with Crippen molar-refractivity contribution in [1.82, 2.24) is 5.32 Å². The van der Waals surface area contributed by atoms with Crippen molar-refractivity contribution in [3.63, 3.8) is 0 Å². The van der Waals surface area contributed by atoms with Crippen molar-refractivity contribution in [2.45, 2.75) is 59.7 Å². The summed E-state index contributed by atoms with van der Waals surface area (Å²) in [5, 5.41) is 2.96. The zero-order chi connectivity index (χ0) is 19.8. The lowest BCUT2D eigenvalue weighted by Gasteiger charge is -2.17. The number of carbonyl (C=O) groups is 1. The van der Waals surface area contributed by atoms with Crippen LogP contribution in [-0.2, 0) is 11.2 Å². The van der Waals surface area contributed by atoms with E-state index >= 15 is 0 Å². The number of aryl methyl sites for hydroxylation is 2. The molecule has 1 unspecified atom stereocenters. The number of hydrogen-bond donors (Lipinski definition) is 1. The molecule has 27 heavy (non-hydrogen) atoms. The summed E-state index contributed by atoms with van der Waals surface area (Å²) >= 11 is 0. The quantitative estimate of drug-likeness (QED) is 0.657. The van der Waals surface area contributed by atoms with E-state index in [-0.39, 0.29) is 12.0 Å². The summed E-state index contributed by atoms with van der Waals surface area (Å²) in [5.74, 6) is 1.56. The molecule has 0 spiro atoms. The highest BCUT2D eigenvalue weighted by Crippen LogP contribution is 2.21. The van der Waals surface area contributed by atoms with Gasteiger partial charge in [-0.15, -0.1) is 0 Å². The Balaban J connectivity index is 1.76. The maximum absolute atomic E-state index is 12.3. The highest BCUT2D eigenvalue weighted by molar-refractivity contribution is 5.80. The minimum atomic E-state index is -0.520. The van der Waals surface area contributed by atoms with E-state index in [0.29, 0.717) is 6.54 Å². The second-order valence-electron chi connectivity index (χ2n) is 7.17. The molecule has 0 radical (unpaired) electrons. The number of benzene rings is 2. The van der Waals surface area contributed by atoms with E-state index in [9.17, 15) is 4.79 Å². The molecule has 4 heteroatoms. The smallest absolute Gasteiger partial charge is 0.260 e. The Kier molecular flexibility index (Phi) is 7.71. The van der Waals surface area contributed by atoms with Gasteiger partial charge in [0, 0.05) is 6.54 Å². The lowest BCUT2D eigenvalue weighted by atomic mass is 10.1. The topological polar surface area (TPSA) is 47.6 Å². The van der Waals surface area contributed by atoms with Crippen LogP contribution in [0.15, 0.2) is 42.5 Å². The van der Waals surface area contributed by atoms with Gasteiger partial charge in [-0.3, -0.25) is 4.79 Å². The van der Waals surface area contributed by atoms with Gasteiger partial charge in [-0.1, -0.05) is 24.3 Å². The fraction of sp³-hybridized carbons (Fsp3) is 0.435. The molecule has 0 aliphatic carbocycles. The van der Waals surface area contributed by atoms with E-state index in [1.54, 1.807) is 6.92 Å². The molecule has 1 N–H and O–H groups in total. The second kappa shape index (κ2) is 10.0. The van der Waals surface area contributed by atoms with Crippen LogP contribution in [0.4, 0.5) is 0 Å². The summed E-state index contributed by atoms with van der Waals surface area (Å²) in [4.78, 5) is 12.3. The van der Waals surface area contributed by atoms with Gasteiger partial charge in [-0.25, -0.2) is 0 Å². The molecule has 0 heterocycles. The number of ether oxygens (including phenoxy) is 2. The summed E-state index contributed by atoms with van der Waals surface area (Å²) in [6.45, 7) is 10.5. The van der Waals surface area contributed by atoms with Crippen molar-refractivity contribution in [1.29, 1.82) is 0 Å². The van der Waals surface area contributed by atoms with Crippen molar-refractivity contribution in [2.75, 3.05) is 6.54 Å². The first kappa shape index (κ1) is 20.8. The van der Waals surface area contributed by atoms with Crippen LogP contribution in [0.25, 0.3) is 0 Å². The molecule has 0 saturated heterocycles. The van der Waals surface area contributed by atoms with Crippen molar-refractivity contribution in [2.24, 2.45) is 0 Å². The van der Waals surface area contributed by atoms with Gasteiger partial charge in [-0.2, -0.15) is 0 Å². The number of hydrogen-bond acceptors (Lipinski definition) is 3. The average Bonchev–Trinajstić information content (AvgIpc) is 2.62. The van der Waals surface area contributed by atoms with Crippen molar-refractivity contribution in [3.8, 4) is 11.5 Å². The highest BCUT2D eigenvalue weighted by atomic mass is 16.5. The predicted molar refractivity (Wildman–Crippen MR) is 110 cm³/mol. The average molecular weight is 370 g/mol. The number of rotatable bonds is 9. The Labute approximate surface area is 162 Å². The van der Waals surface area contributed by atoms with Gasteiger partial charge in [0.15, 0.2) is 6.10 Å². The lowest BCUT2D eigenvalue weighted by Crippen LogP contribution is -2.37. The standard InChI is InChI=1S/C23H31NO3/c1-16(2)26-21-12-7-10-20(15-21)11-8-14-24-23(25)19(5)27-22-13-6-9-17(3)18(22)4/h6-7,9-10,12-13,15-16,19H,8,11,14H2,1-5H3,(H,24,25). The predicted octanol–water partition coefficient (Wildman–Crippen LogP) is 4.61. The van der Waals surface area contributed by atoms with E-state index in [4.69, 9.17) is 9.47 Å². The second-order valence-corrected chi connectivity index (χ2v) is 7.17. The third-order valence-electron chi connectivity index (χ3n) is 4.44. The molecule has 0 aliphatic rings. The van der Waals surface area contributed by atoms with Crippen LogP contribution in [0.2, 0.25) is 0 Å². The summed E-state index contributed by atoms with van der Waals surface area (Å²) in [5.41, 5.74) is 3.44. The summed E-state index contributed by atoms with van der Waals surface area (Å²) in [6.07, 6.45) is 1.40. The summed E-state index contributed by atoms with van der Waals surface area (Å²) in [6, 6.07) is 14.0. The molecule has 0 fully saturated rings. The van der Waals surface area contributed by atoms with E-state index < -0.39 is 6.10 Å². The van der Waals surface area contributed by atoms with Gasteiger partial charge in [0.05, 0.1) is 6.10 Å². The fourth-order valence-electron chi connectivity index (χ4n) is 2.79. The zero-order valence-corrected chi connectivity index (χ0v) is 17.0. The van der Waals surface area contributed by atoms with Crippen molar-refractivity contribution >= 4 is 5.91 Å². The van der Waals surface area contributed by atoms with E-state index in [2.05, 4.69) is 17.4 Å². The molecule has 2 rings (SSSR count). The first-order chi connectivity index (χ1) is 12.9. The molecule has 0 bridgehead atoms. The maximum Gasteiger partial charge on any atom is 0.260 e. The Morgan fingerprint density at radius 2 is 1.78 bits per heavy atom. The molecule has 4 nitrogen and oxygen atoms in total. The van der Waals surface area contributed by atoms with Crippen LogP contribution in [0.3, 0.4) is 0 Å². The first-order valence-corrected chi connectivity index (χ1v) is 9.63. The van der Waals surface area contributed by atoms with Crippen LogP contribution in [0.1, 0.15) is 43.9 Å². The van der Waals surface area contributed by atoms with Crippen LogP contribution in [0, 0.1) is 13.8 Å². The Morgan fingerprint density at radius 3 is 2.52 bits per heavy atom. The molecule has 0 saturated carbocycles. The third kappa shape index (κ3) is 6.63. The van der Waals surface area contributed by atoms with E-state index in [1.165, 1.54) is 5.56 Å². The molecule has 0 aliphatic heterocycles. The van der Waals surface area contributed by atoms with Crippen LogP contribution in [0.5, 0.6) is 11.5 Å². The van der Waals surface area contributed by atoms with Gasteiger partial charge in [-0.05, 0) is 82.3 Å². The Hall–Kier alpha value is -2.49. The number of nitrogens with one attached hydrogen (secondary N) is 1.